The van der Waals surface area contributed by atoms with Gasteiger partial charge in [0, 0.05) is 30.2 Å². The minimum Gasteiger partial charge on any atom is -0.507 e. The lowest BCUT2D eigenvalue weighted by Crippen LogP contribution is -2.31. The van der Waals surface area contributed by atoms with Crippen LogP contribution in [0, 0.1) is 0 Å². The van der Waals surface area contributed by atoms with E-state index in [1.165, 1.54) is 19.1 Å². The summed E-state index contributed by atoms with van der Waals surface area (Å²) in [5, 5.41) is 19.9. The summed E-state index contributed by atoms with van der Waals surface area (Å²) in [4.78, 5) is 38.0. The molecule has 0 radical (unpaired) electrons. The molecular weight excluding hydrogens is 402 g/mol. The number of benzene rings is 2. The van der Waals surface area contributed by atoms with Crippen LogP contribution in [0.3, 0.4) is 0 Å². The Morgan fingerprint density at radius 3 is 2.35 bits per heavy atom. The maximum atomic E-state index is 12.9. The molecule has 2 aromatic carbocycles. The van der Waals surface area contributed by atoms with Crippen molar-refractivity contribution in [2.45, 2.75) is 18.9 Å². The molecule has 162 valence electrons. The van der Waals surface area contributed by atoms with Gasteiger partial charge in [-0.3, -0.25) is 14.4 Å². The maximum Gasteiger partial charge on any atom is 0.303 e. The molecule has 1 atom stereocenters. The Labute approximate surface area is 179 Å². The third kappa shape index (κ3) is 4.37. The molecule has 31 heavy (non-hydrogen) atoms. The zero-order chi connectivity index (χ0) is 22.5. The number of ether oxygens (including phenoxy) is 2. The Bertz CT molecular complexity index is 1030. The molecule has 2 aromatic rings. The first kappa shape index (κ1) is 21.9. The van der Waals surface area contributed by atoms with Gasteiger partial charge in [0.15, 0.2) is 0 Å². The van der Waals surface area contributed by atoms with Crippen molar-refractivity contribution >= 4 is 23.4 Å². The third-order valence-corrected chi connectivity index (χ3v) is 5.11. The number of aliphatic hydroxyl groups excluding tert-OH is 1. The number of carbonyl (C=O) groups excluding carboxylic acids is 2. The fourth-order valence-electron chi connectivity index (χ4n) is 3.63. The fourth-order valence-corrected chi connectivity index (χ4v) is 3.63. The normalized spacial score (nSPS) is 17.6. The molecule has 1 heterocycles. The molecule has 0 saturated carbocycles. The molecule has 1 aliphatic heterocycles. The van der Waals surface area contributed by atoms with Gasteiger partial charge in [0.05, 0.1) is 25.8 Å². The van der Waals surface area contributed by atoms with Crippen LogP contribution in [-0.2, 0) is 14.4 Å². The Kier molecular flexibility index (Phi) is 6.59. The van der Waals surface area contributed by atoms with E-state index in [2.05, 4.69) is 0 Å². The second-order valence-electron chi connectivity index (χ2n) is 6.96. The van der Waals surface area contributed by atoms with Crippen molar-refractivity contribution in [1.82, 2.24) is 4.90 Å². The number of hydrogen-bond acceptors (Lipinski definition) is 6. The van der Waals surface area contributed by atoms with Gasteiger partial charge < -0.3 is 24.6 Å². The Hall–Kier alpha value is -3.81. The first-order valence-corrected chi connectivity index (χ1v) is 9.66. The molecule has 1 fully saturated rings. The van der Waals surface area contributed by atoms with Crippen molar-refractivity contribution in [3.05, 3.63) is 65.2 Å². The average molecular weight is 425 g/mol. The smallest absolute Gasteiger partial charge is 0.303 e. The zero-order valence-corrected chi connectivity index (χ0v) is 17.2. The van der Waals surface area contributed by atoms with E-state index < -0.39 is 23.7 Å². The highest BCUT2D eigenvalue weighted by atomic mass is 16.5. The van der Waals surface area contributed by atoms with Crippen LogP contribution in [0.4, 0.5) is 0 Å². The predicted molar refractivity (Wildman–Crippen MR) is 112 cm³/mol. The molecule has 1 aliphatic rings. The van der Waals surface area contributed by atoms with Gasteiger partial charge in [0.2, 0.25) is 0 Å². The predicted octanol–water partition coefficient (Wildman–Crippen LogP) is 2.99. The van der Waals surface area contributed by atoms with Crippen LogP contribution in [0.2, 0.25) is 0 Å². The van der Waals surface area contributed by atoms with Gasteiger partial charge in [-0.15, -0.1) is 0 Å². The minimum absolute atomic E-state index is 0.0301. The molecule has 1 saturated heterocycles. The number of methoxy groups -OCH3 is 2. The number of likely N-dealkylation sites (tertiary alicyclic amines) is 1. The highest BCUT2D eigenvalue weighted by Crippen LogP contribution is 2.43. The van der Waals surface area contributed by atoms with Crippen molar-refractivity contribution in [2.24, 2.45) is 0 Å². The monoisotopic (exact) mass is 425 g/mol. The highest BCUT2D eigenvalue weighted by Gasteiger charge is 2.46. The van der Waals surface area contributed by atoms with Crippen molar-refractivity contribution in [1.29, 1.82) is 0 Å². The van der Waals surface area contributed by atoms with Crippen LogP contribution >= 0.6 is 0 Å². The standard InChI is InChI=1S/C23H23NO7/c1-30-15-10-11-16(17(13-15)31-2)20-19(21(27)14-7-4-3-5-8-14)22(28)23(29)24(20)12-6-9-18(25)26/h3-5,7-8,10-11,13,20,27H,6,9,12H2,1-2H3,(H,25,26)/b21-19+/t20-/m0/s1. The number of rotatable bonds is 8. The summed E-state index contributed by atoms with van der Waals surface area (Å²) in [7, 11) is 2.95. The van der Waals surface area contributed by atoms with Gasteiger partial charge in [-0.25, -0.2) is 0 Å². The van der Waals surface area contributed by atoms with Crippen LogP contribution in [0.15, 0.2) is 54.1 Å². The maximum absolute atomic E-state index is 12.9. The summed E-state index contributed by atoms with van der Waals surface area (Å²) in [5.74, 6) is -2.05. The van der Waals surface area contributed by atoms with E-state index in [-0.39, 0.29) is 30.7 Å². The molecular formula is C23H23NO7. The number of carboxylic acid groups (broad SMARTS) is 1. The van der Waals surface area contributed by atoms with Crippen molar-refractivity contribution < 1.29 is 34.1 Å². The summed E-state index contributed by atoms with van der Waals surface area (Å²) in [6.07, 6.45) is -0.00312. The molecule has 2 N–H and O–H groups in total. The van der Waals surface area contributed by atoms with Crippen LogP contribution in [0.25, 0.3) is 5.76 Å². The lowest BCUT2D eigenvalue weighted by Gasteiger charge is -2.26. The fraction of sp³-hybridized carbons (Fsp3) is 0.261. The molecule has 8 heteroatoms. The van der Waals surface area contributed by atoms with Crippen molar-refractivity contribution in [3.63, 3.8) is 0 Å². The van der Waals surface area contributed by atoms with Gasteiger partial charge in [-0.05, 0) is 18.6 Å². The van der Waals surface area contributed by atoms with Gasteiger partial charge >= 0.3 is 5.97 Å². The number of carboxylic acids is 1. The number of carbonyl (C=O) groups is 3. The second-order valence-corrected chi connectivity index (χ2v) is 6.96. The number of ketones is 1. The Morgan fingerprint density at radius 2 is 1.74 bits per heavy atom. The Morgan fingerprint density at radius 1 is 1.03 bits per heavy atom. The third-order valence-electron chi connectivity index (χ3n) is 5.11. The van der Waals surface area contributed by atoms with Gasteiger partial charge in [0.25, 0.3) is 11.7 Å². The molecule has 0 bridgehead atoms. The van der Waals surface area contributed by atoms with Crippen LogP contribution in [0.5, 0.6) is 11.5 Å². The van der Waals surface area contributed by atoms with E-state index in [0.29, 0.717) is 22.6 Å². The van der Waals surface area contributed by atoms with Gasteiger partial charge in [-0.1, -0.05) is 30.3 Å². The highest BCUT2D eigenvalue weighted by molar-refractivity contribution is 6.46. The number of aliphatic hydroxyl groups is 1. The summed E-state index contributed by atoms with van der Waals surface area (Å²) in [6, 6.07) is 12.5. The first-order valence-electron chi connectivity index (χ1n) is 9.66. The second kappa shape index (κ2) is 9.34. The number of nitrogens with zero attached hydrogens (tertiary/aromatic N) is 1. The summed E-state index contributed by atoms with van der Waals surface area (Å²) >= 11 is 0. The minimum atomic E-state index is -1.00. The van der Waals surface area contributed by atoms with Crippen LogP contribution in [0.1, 0.15) is 30.0 Å². The average Bonchev–Trinajstić information content (AvgIpc) is 3.03. The first-order chi connectivity index (χ1) is 14.9. The topological polar surface area (TPSA) is 113 Å². The summed E-state index contributed by atoms with van der Waals surface area (Å²) < 4.78 is 10.7. The Balaban J connectivity index is 2.16. The van der Waals surface area contributed by atoms with Crippen LogP contribution < -0.4 is 9.47 Å². The lowest BCUT2D eigenvalue weighted by molar-refractivity contribution is -0.140. The SMILES string of the molecule is COc1ccc([C@H]2/C(=C(\O)c3ccccc3)C(=O)C(=O)N2CCCC(=O)O)c(OC)c1. The number of Topliss-reactive ketones (excluding diaryl/α,β-unsaturated/α-hetero) is 1. The van der Waals surface area contributed by atoms with E-state index in [9.17, 15) is 19.5 Å². The van der Waals surface area contributed by atoms with E-state index in [1.54, 1.807) is 48.5 Å². The summed E-state index contributed by atoms with van der Waals surface area (Å²) in [5.41, 5.74) is 0.800. The van der Waals surface area contributed by atoms with E-state index in [0.717, 1.165) is 0 Å². The molecule has 0 aliphatic carbocycles. The van der Waals surface area contributed by atoms with E-state index in [4.69, 9.17) is 14.6 Å². The molecule has 3 rings (SSSR count). The van der Waals surface area contributed by atoms with E-state index in [1.807, 2.05) is 0 Å². The quantitative estimate of drug-likeness (QED) is 0.380. The number of aliphatic carboxylic acids is 1. The van der Waals surface area contributed by atoms with Crippen LogP contribution in [-0.4, -0.2) is 53.5 Å². The van der Waals surface area contributed by atoms with Crippen molar-refractivity contribution in [3.8, 4) is 11.5 Å². The largest absolute Gasteiger partial charge is 0.507 e. The summed E-state index contributed by atoms with van der Waals surface area (Å²) in [6.45, 7) is 0.0301. The lowest BCUT2D eigenvalue weighted by atomic mass is 9.94. The van der Waals surface area contributed by atoms with E-state index >= 15 is 0 Å². The molecule has 8 nitrogen and oxygen atoms in total. The molecule has 0 spiro atoms. The number of hydrogen-bond donors (Lipinski definition) is 2. The van der Waals surface area contributed by atoms with Crippen molar-refractivity contribution in [2.75, 3.05) is 20.8 Å². The van der Waals surface area contributed by atoms with Gasteiger partial charge in [-0.2, -0.15) is 0 Å². The number of amides is 1. The molecule has 0 unspecified atom stereocenters. The molecule has 1 amide bonds. The zero-order valence-electron chi connectivity index (χ0n) is 17.2. The van der Waals surface area contributed by atoms with Gasteiger partial charge in [0.1, 0.15) is 17.3 Å². The molecule has 0 aromatic heterocycles.